The van der Waals surface area contributed by atoms with E-state index in [4.69, 9.17) is 0 Å². The number of hydrogen-bond donors (Lipinski definition) is 2. The topological polar surface area (TPSA) is 69.5 Å². The molecule has 0 saturated heterocycles. The van der Waals surface area contributed by atoms with Crippen molar-refractivity contribution < 1.29 is 23.4 Å². The predicted octanol–water partition coefficient (Wildman–Crippen LogP) is 3.84. The highest BCUT2D eigenvalue weighted by atomic mass is 19.4. The monoisotopic (exact) mass is 393 g/mol. The van der Waals surface area contributed by atoms with Crippen LogP contribution in [-0.2, 0) is 12.6 Å². The van der Waals surface area contributed by atoms with Crippen molar-refractivity contribution in [1.29, 1.82) is 0 Å². The highest BCUT2D eigenvalue weighted by molar-refractivity contribution is 5.73. The number of alkyl halides is 3. The summed E-state index contributed by atoms with van der Waals surface area (Å²) in [5, 5.41) is 28.5. The fourth-order valence-corrected chi connectivity index (χ4v) is 4.31. The van der Waals surface area contributed by atoms with Gasteiger partial charge >= 0.3 is 6.18 Å². The van der Waals surface area contributed by atoms with Gasteiger partial charge in [-0.05, 0) is 62.8 Å². The zero-order chi connectivity index (χ0) is 20.1. The van der Waals surface area contributed by atoms with Gasteiger partial charge in [-0.3, -0.25) is 0 Å². The Hall–Kier alpha value is -2.35. The molecule has 2 aliphatic rings. The van der Waals surface area contributed by atoms with Crippen molar-refractivity contribution in [2.45, 2.75) is 57.3 Å². The maximum absolute atomic E-state index is 12.9. The summed E-state index contributed by atoms with van der Waals surface area (Å²) in [6.45, 7) is 2.34. The molecule has 1 saturated carbocycles. The highest BCUT2D eigenvalue weighted by Crippen LogP contribution is 2.40. The first-order chi connectivity index (χ1) is 13.2. The van der Waals surface area contributed by atoms with E-state index in [-0.39, 0.29) is 11.7 Å². The zero-order valence-electron chi connectivity index (χ0n) is 15.5. The average molecular weight is 393 g/mol. The number of anilines is 1. The fourth-order valence-electron chi connectivity index (χ4n) is 4.31. The van der Waals surface area contributed by atoms with Gasteiger partial charge in [0.2, 0.25) is 0 Å². The smallest absolute Gasteiger partial charge is 0.416 e. The minimum Gasteiger partial charge on any atom is -0.507 e. The van der Waals surface area contributed by atoms with Crippen LogP contribution in [-0.4, -0.2) is 39.1 Å². The van der Waals surface area contributed by atoms with Gasteiger partial charge in [0.25, 0.3) is 0 Å². The number of aryl methyl sites for hydroxylation is 1. The van der Waals surface area contributed by atoms with Gasteiger partial charge in [0.1, 0.15) is 5.75 Å². The van der Waals surface area contributed by atoms with Gasteiger partial charge in [0.15, 0.2) is 5.82 Å². The van der Waals surface area contributed by atoms with E-state index in [9.17, 15) is 23.4 Å². The second kappa shape index (κ2) is 6.92. The normalized spacial score (nSPS) is 22.4. The molecule has 2 heterocycles. The Morgan fingerprint density at radius 1 is 1.07 bits per heavy atom. The molecule has 0 bridgehead atoms. The molecule has 28 heavy (non-hydrogen) atoms. The predicted molar refractivity (Wildman–Crippen MR) is 98.2 cm³/mol. The number of benzene rings is 1. The average Bonchev–Trinajstić information content (AvgIpc) is 3.04. The first kappa shape index (κ1) is 19.0. The minimum absolute atomic E-state index is 0.225. The molecule has 1 aliphatic heterocycles. The van der Waals surface area contributed by atoms with Crippen LogP contribution >= 0.6 is 0 Å². The number of nitrogens with zero attached hydrogens (tertiary/aromatic N) is 3. The van der Waals surface area contributed by atoms with Crippen LogP contribution in [0.3, 0.4) is 0 Å². The first-order valence-corrected chi connectivity index (χ1v) is 9.46. The third-order valence-corrected chi connectivity index (χ3v) is 5.75. The number of phenols is 1. The molecule has 150 valence electrons. The molecular formula is C20H22F3N3O2. The van der Waals surface area contributed by atoms with E-state index in [2.05, 4.69) is 15.1 Å². The van der Waals surface area contributed by atoms with Crippen LogP contribution < -0.4 is 4.90 Å². The van der Waals surface area contributed by atoms with Gasteiger partial charge in [-0.25, -0.2) is 0 Å². The lowest BCUT2D eigenvalue weighted by molar-refractivity contribution is -0.137. The summed E-state index contributed by atoms with van der Waals surface area (Å²) < 4.78 is 38.8. The van der Waals surface area contributed by atoms with E-state index in [1.807, 2.05) is 6.07 Å². The first-order valence-electron chi connectivity index (χ1n) is 9.46. The van der Waals surface area contributed by atoms with E-state index in [0.717, 1.165) is 62.2 Å². The number of fused-ring (bicyclic) bond motifs is 1. The molecule has 5 nitrogen and oxygen atoms in total. The number of halogens is 3. The standard InChI is InChI=1S/C20H22F3N3O2/c1-11-8-13(20(21,22)23)10-17(28)18(11)16-9-12-6-7-26(19(12)25-24-16)14-2-4-15(27)5-3-14/h8-10,14-15,27-28H,2-7H2,1H3. The number of phenolic OH excluding ortho intramolecular Hbond substituents is 1. The van der Waals surface area contributed by atoms with Gasteiger partial charge in [0.05, 0.1) is 17.4 Å². The van der Waals surface area contributed by atoms with Crippen LogP contribution in [0.4, 0.5) is 19.0 Å². The Labute approximate surface area is 160 Å². The number of hydrogen-bond acceptors (Lipinski definition) is 5. The Bertz CT molecular complexity index is 870. The van der Waals surface area contributed by atoms with Gasteiger partial charge < -0.3 is 15.1 Å². The van der Waals surface area contributed by atoms with Gasteiger partial charge in [-0.15, -0.1) is 10.2 Å². The van der Waals surface area contributed by atoms with Crippen LogP contribution in [0.2, 0.25) is 0 Å². The lowest BCUT2D eigenvalue weighted by atomic mass is 9.92. The van der Waals surface area contributed by atoms with Crippen LogP contribution in [0.5, 0.6) is 5.75 Å². The van der Waals surface area contributed by atoms with E-state index in [0.29, 0.717) is 17.3 Å². The van der Waals surface area contributed by atoms with Gasteiger partial charge in [-0.1, -0.05) is 0 Å². The Morgan fingerprint density at radius 2 is 1.79 bits per heavy atom. The molecule has 0 radical (unpaired) electrons. The molecule has 0 amide bonds. The van der Waals surface area contributed by atoms with Crippen LogP contribution in [0.1, 0.15) is 42.4 Å². The van der Waals surface area contributed by atoms with Crippen molar-refractivity contribution in [2.24, 2.45) is 0 Å². The maximum Gasteiger partial charge on any atom is 0.416 e. The summed E-state index contributed by atoms with van der Waals surface area (Å²) in [6.07, 6.45) is -0.597. The van der Waals surface area contributed by atoms with Crippen molar-refractivity contribution in [3.8, 4) is 17.0 Å². The molecule has 4 rings (SSSR count). The second-order valence-corrected chi connectivity index (χ2v) is 7.67. The minimum atomic E-state index is -4.52. The molecule has 0 atom stereocenters. The lowest BCUT2D eigenvalue weighted by Crippen LogP contribution is -2.38. The molecule has 2 N–H and O–H groups in total. The third-order valence-electron chi connectivity index (χ3n) is 5.75. The summed E-state index contributed by atoms with van der Waals surface area (Å²) in [4.78, 5) is 2.22. The summed E-state index contributed by atoms with van der Waals surface area (Å²) >= 11 is 0. The number of aliphatic hydroxyl groups is 1. The lowest BCUT2D eigenvalue weighted by Gasteiger charge is -2.33. The molecule has 8 heteroatoms. The van der Waals surface area contributed by atoms with E-state index < -0.39 is 17.5 Å². The number of rotatable bonds is 2. The number of aromatic hydroxyl groups is 1. The molecule has 1 aromatic heterocycles. The third kappa shape index (κ3) is 3.41. The number of aromatic nitrogens is 2. The van der Waals surface area contributed by atoms with Crippen molar-refractivity contribution >= 4 is 5.82 Å². The molecule has 0 spiro atoms. The highest BCUT2D eigenvalue weighted by Gasteiger charge is 2.33. The van der Waals surface area contributed by atoms with Crippen LogP contribution in [0.15, 0.2) is 18.2 Å². The van der Waals surface area contributed by atoms with Crippen LogP contribution in [0, 0.1) is 6.92 Å². The van der Waals surface area contributed by atoms with Crippen molar-refractivity contribution in [3.05, 3.63) is 34.9 Å². The molecule has 0 unspecified atom stereocenters. The second-order valence-electron chi connectivity index (χ2n) is 7.67. The SMILES string of the molecule is Cc1cc(C(F)(F)F)cc(O)c1-c1cc2c(nn1)N(C1CCC(O)CC1)CC2. The molecule has 1 fully saturated rings. The van der Waals surface area contributed by atoms with E-state index >= 15 is 0 Å². The molecular weight excluding hydrogens is 371 g/mol. The molecule has 1 aliphatic carbocycles. The van der Waals surface area contributed by atoms with E-state index in [1.165, 1.54) is 6.92 Å². The zero-order valence-corrected chi connectivity index (χ0v) is 15.5. The summed E-state index contributed by atoms with van der Waals surface area (Å²) in [5.74, 6) is 0.354. The maximum atomic E-state index is 12.9. The molecule has 1 aromatic carbocycles. The Balaban J connectivity index is 1.64. The summed E-state index contributed by atoms with van der Waals surface area (Å²) in [7, 11) is 0. The van der Waals surface area contributed by atoms with Crippen molar-refractivity contribution in [1.82, 2.24) is 10.2 Å². The van der Waals surface area contributed by atoms with Crippen LogP contribution in [0.25, 0.3) is 11.3 Å². The van der Waals surface area contributed by atoms with E-state index in [1.54, 1.807) is 0 Å². The largest absolute Gasteiger partial charge is 0.507 e. The van der Waals surface area contributed by atoms with Gasteiger partial charge in [-0.2, -0.15) is 13.2 Å². The summed E-state index contributed by atoms with van der Waals surface area (Å²) in [5.41, 5.74) is 1.06. The van der Waals surface area contributed by atoms with Crippen molar-refractivity contribution in [3.63, 3.8) is 0 Å². The molecule has 2 aromatic rings. The Kier molecular flexibility index (Phi) is 4.69. The summed E-state index contributed by atoms with van der Waals surface area (Å²) in [6, 6.07) is 3.89. The Morgan fingerprint density at radius 3 is 2.43 bits per heavy atom. The van der Waals surface area contributed by atoms with Crippen molar-refractivity contribution in [2.75, 3.05) is 11.4 Å². The number of aliphatic hydroxyl groups excluding tert-OH is 1. The van der Waals surface area contributed by atoms with Gasteiger partial charge in [0, 0.05) is 23.7 Å². The fraction of sp³-hybridized carbons (Fsp3) is 0.500. The quantitative estimate of drug-likeness (QED) is 0.811.